The number of H-pyrrole nitrogens is 1. The Morgan fingerprint density at radius 1 is 1.16 bits per heavy atom. The topological polar surface area (TPSA) is 79.7 Å². The van der Waals surface area contributed by atoms with Gasteiger partial charge in [-0.05, 0) is 111 Å². The highest BCUT2D eigenvalue weighted by atomic mass is 16.1. The maximum Gasteiger partial charge on any atom is 0.253 e. The van der Waals surface area contributed by atoms with E-state index in [0.29, 0.717) is 11.5 Å². The van der Waals surface area contributed by atoms with E-state index in [0.717, 1.165) is 49.1 Å². The van der Waals surface area contributed by atoms with Gasteiger partial charge in [0, 0.05) is 11.1 Å². The summed E-state index contributed by atoms with van der Waals surface area (Å²) in [5, 5.41) is 13.9. The summed E-state index contributed by atoms with van der Waals surface area (Å²) in [6, 6.07) is 5.97. The normalized spacial score (nSPS) is 17.4. The Kier molecular flexibility index (Phi) is 5.73. The SMILES string of the molecule is CCC(C)(C)n1nnnc1[C@H](c1cc2cc(C)c(C)cc2[nH]c1=O)N1CCC(C)CC1. The number of tetrazole rings is 1. The van der Waals surface area contributed by atoms with Gasteiger partial charge in [-0.3, -0.25) is 9.69 Å². The molecule has 1 aliphatic heterocycles. The van der Waals surface area contributed by atoms with Crippen molar-refractivity contribution in [3.8, 4) is 0 Å². The molecular formula is C24H34N6O. The van der Waals surface area contributed by atoms with Crippen LogP contribution in [0.3, 0.4) is 0 Å². The van der Waals surface area contributed by atoms with E-state index >= 15 is 0 Å². The molecule has 7 nitrogen and oxygen atoms in total. The molecule has 1 N–H and O–H groups in total. The minimum Gasteiger partial charge on any atom is -0.322 e. The molecule has 1 saturated heterocycles. The van der Waals surface area contributed by atoms with Gasteiger partial charge in [0.25, 0.3) is 5.56 Å². The first-order chi connectivity index (χ1) is 14.7. The van der Waals surface area contributed by atoms with E-state index in [1.807, 2.05) is 10.7 Å². The van der Waals surface area contributed by atoms with Crippen molar-refractivity contribution in [2.24, 2.45) is 5.92 Å². The lowest BCUT2D eigenvalue weighted by Gasteiger charge is -2.37. The third-order valence-electron chi connectivity index (χ3n) is 7.14. The number of piperidine rings is 1. The van der Waals surface area contributed by atoms with Crippen molar-refractivity contribution < 1.29 is 0 Å². The molecule has 0 unspecified atom stereocenters. The molecule has 3 heterocycles. The molecule has 7 heteroatoms. The fourth-order valence-electron chi connectivity index (χ4n) is 4.43. The largest absolute Gasteiger partial charge is 0.322 e. The van der Waals surface area contributed by atoms with Gasteiger partial charge in [0.15, 0.2) is 5.82 Å². The van der Waals surface area contributed by atoms with E-state index in [2.05, 4.69) is 79.1 Å². The second-order valence-corrected chi connectivity index (χ2v) is 9.81. The van der Waals surface area contributed by atoms with Crippen molar-refractivity contribution in [3.05, 3.63) is 51.1 Å². The van der Waals surface area contributed by atoms with Crippen LogP contribution in [0.25, 0.3) is 10.9 Å². The van der Waals surface area contributed by atoms with E-state index in [1.54, 1.807) is 0 Å². The molecule has 1 fully saturated rings. The Morgan fingerprint density at radius 2 is 1.84 bits per heavy atom. The first kappa shape index (κ1) is 21.7. The molecule has 2 aromatic heterocycles. The number of fused-ring (bicyclic) bond motifs is 1. The Bertz CT molecular complexity index is 1140. The molecule has 1 atom stereocenters. The third-order valence-corrected chi connectivity index (χ3v) is 7.14. The van der Waals surface area contributed by atoms with Gasteiger partial charge < -0.3 is 4.98 Å². The number of aromatic amines is 1. The van der Waals surface area contributed by atoms with Crippen LogP contribution in [0.15, 0.2) is 23.0 Å². The number of aromatic nitrogens is 5. The number of rotatable bonds is 5. The van der Waals surface area contributed by atoms with Crippen molar-refractivity contribution in [1.29, 1.82) is 0 Å². The van der Waals surface area contributed by atoms with Crippen LogP contribution in [0.2, 0.25) is 0 Å². The molecule has 0 bridgehead atoms. The van der Waals surface area contributed by atoms with E-state index in [1.165, 1.54) is 11.1 Å². The van der Waals surface area contributed by atoms with Gasteiger partial charge in [-0.1, -0.05) is 13.8 Å². The highest BCUT2D eigenvalue weighted by Crippen LogP contribution is 2.33. The van der Waals surface area contributed by atoms with Crippen molar-refractivity contribution in [2.75, 3.05) is 13.1 Å². The Morgan fingerprint density at radius 3 is 2.52 bits per heavy atom. The quantitative estimate of drug-likeness (QED) is 0.670. The zero-order valence-corrected chi connectivity index (χ0v) is 19.6. The number of hydrogen-bond acceptors (Lipinski definition) is 5. The molecule has 0 radical (unpaired) electrons. The summed E-state index contributed by atoms with van der Waals surface area (Å²) in [5.41, 5.74) is 3.67. The summed E-state index contributed by atoms with van der Waals surface area (Å²) in [4.78, 5) is 18.9. The highest BCUT2D eigenvalue weighted by molar-refractivity contribution is 5.81. The van der Waals surface area contributed by atoms with E-state index in [9.17, 15) is 4.79 Å². The number of nitrogens with zero attached hydrogens (tertiary/aromatic N) is 5. The number of hydrogen-bond donors (Lipinski definition) is 1. The lowest BCUT2D eigenvalue weighted by atomic mass is 9.94. The monoisotopic (exact) mass is 422 g/mol. The van der Waals surface area contributed by atoms with Crippen LogP contribution >= 0.6 is 0 Å². The van der Waals surface area contributed by atoms with Crippen LogP contribution in [-0.2, 0) is 5.54 Å². The van der Waals surface area contributed by atoms with Crippen LogP contribution in [-0.4, -0.2) is 43.2 Å². The van der Waals surface area contributed by atoms with Crippen LogP contribution in [0, 0.1) is 19.8 Å². The molecule has 4 rings (SSSR count). The number of pyridine rings is 1. The third kappa shape index (κ3) is 4.03. The van der Waals surface area contributed by atoms with Gasteiger partial charge in [0.1, 0.15) is 6.04 Å². The standard InChI is InChI=1S/C24H34N6O/c1-7-24(5,6)30-22(26-27-28-30)21(29-10-8-15(2)9-11-29)19-14-18-12-16(3)17(4)13-20(18)25-23(19)31/h12-15,21H,7-11H2,1-6H3,(H,25,31)/t21-/m0/s1. The Labute approximate surface area is 183 Å². The smallest absolute Gasteiger partial charge is 0.253 e. The zero-order valence-electron chi connectivity index (χ0n) is 19.6. The van der Waals surface area contributed by atoms with Crippen LogP contribution < -0.4 is 5.56 Å². The number of benzene rings is 1. The molecule has 31 heavy (non-hydrogen) atoms. The van der Waals surface area contributed by atoms with Gasteiger partial charge in [0.05, 0.1) is 5.54 Å². The van der Waals surface area contributed by atoms with Gasteiger partial charge in [-0.2, -0.15) is 0 Å². The first-order valence-corrected chi connectivity index (χ1v) is 11.4. The number of aryl methyl sites for hydroxylation is 2. The summed E-state index contributed by atoms with van der Waals surface area (Å²) in [6.45, 7) is 14.7. The van der Waals surface area contributed by atoms with Crippen LogP contribution in [0.1, 0.15) is 75.5 Å². The van der Waals surface area contributed by atoms with Crippen molar-refractivity contribution >= 4 is 10.9 Å². The molecule has 0 amide bonds. The van der Waals surface area contributed by atoms with E-state index in [4.69, 9.17) is 0 Å². The van der Waals surface area contributed by atoms with Gasteiger partial charge in [-0.25, -0.2) is 4.68 Å². The predicted molar refractivity (Wildman–Crippen MR) is 123 cm³/mol. The lowest BCUT2D eigenvalue weighted by Crippen LogP contribution is -2.41. The Balaban J connectivity index is 1.90. The van der Waals surface area contributed by atoms with Crippen LogP contribution in [0.5, 0.6) is 0 Å². The Hall–Kier alpha value is -2.54. The first-order valence-electron chi connectivity index (χ1n) is 11.4. The fourth-order valence-corrected chi connectivity index (χ4v) is 4.43. The predicted octanol–water partition coefficient (Wildman–Crippen LogP) is 4.10. The van der Waals surface area contributed by atoms with Gasteiger partial charge >= 0.3 is 0 Å². The highest BCUT2D eigenvalue weighted by Gasteiger charge is 2.35. The summed E-state index contributed by atoms with van der Waals surface area (Å²) < 4.78 is 1.92. The average Bonchev–Trinajstić information content (AvgIpc) is 3.22. The summed E-state index contributed by atoms with van der Waals surface area (Å²) >= 11 is 0. The molecular weight excluding hydrogens is 388 g/mol. The maximum absolute atomic E-state index is 13.3. The van der Waals surface area contributed by atoms with Crippen molar-refractivity contribution in [1.82, 2.24) is 30.1 Å². The van der Waals surface area contributed by atoms with Crippen molar-refractivity contribution in [3.63, 3.8) is 0 Å². The van der Waals surface area contributed by atoms with E-state index in [-0.39, 0.29) is 17.1 Å². The van der Waals surface area contributed by atoms with Crippen LogP contribution in [0.4, 0.5) is 0 Å². The molecule has 166 valence electrons. The summed E-state index contributed by atoms with van der Waals surface area (Å²) in [6.07, 6.45) is 3.11. The second kappa shape index (κ2) is 8.19. The molecule has 0 saturated carbocycles. The molecule has 3 aromatic rings. The van der Waals surface area contributed by atoms with Crippen molar-refractivity contribution in [2.45, 2.75) is 72.4 Å². The van der Waals surface area contributed by atoms with E-state index < -0.39 is 0 Å². The average molecular weight is 423 g/mol. The zero-order chi connectivity index (χ0) is 22.3. The molecule has 0 spiro atoms. The molecule has 0 aliphatic carbocycles. The summed E-state index contributed by atoms with van der Waals surface area (Å²) in [5.74, 6) is 1.44. The fraction of sp³-hybridized carbons (Fsp3) is 0.583. The van der Waals surface area contributed by atoms with Gasteiger partial charge in [0.2, 0.25) is 0 Å². The summed E-state index contributed by atoms with van der Waals surface area (Å²) in [7, 11) is 0. The minimum atomic E-state index is -0.275. The second-order valence-electron chi connectivity index (χ2n) is 9.81. The number of likely N-dealkylation sites (tertiary alicyclic amines) is 1. The molecule has 1 aromatic carbocycles. The lowest BCUT2D eigenvalue weighted by molar-refractivity contribution is 0.143. The van der Waals surface area contributed by atoms with Gasteiger partial charge in [-0.15, -0.1) is 5.10 Å². The molecule has 1 aliphatic rings. The number of nitrogens with one attached hydrogen (secondary N) is 1. The minimum absolute atomic E-state index is 0.0665. The maximum atomic E-state index is 13.3.